The Morgan fingerprint density at radius 2 is 1.94 bits per heavy atom. The average Bonchev–Trinajstić information content (AvgIpc) is 2.36. The summed E-state index contributed by atoms with van der Waals surface area (Å²) in [6.07, 6.45) is 2.12. The number of rotatable bonds is 7. The molecule has 0 fully saturated rings. The van der Waals surface area contributed by atoms with Gasteiger partial charge in [-0.05, 0) is 51.1 Å². The third-order valence-electron chi connectivity index (χ3n) is 3.25. The lowest BCUT2D eigenvalue weighted by Gasteiger charge is -2.24. The van der Waals surface area contributed by atoms with Gasteiger partial charge < -0.3 is 15.4 Å². The van der Waals surface area contributed by atoms with Crippen molar-refractivity contribution in [1.29, 1.82) is 0 Å². The monoisotopic (exact) mass is 236 g/mol. The summed E-state index contributed by atoms with van der Waals surface area (Å²) in [6, 6.07) is 8.83. The Hall–Kier alpha value is -1.06. The molecule has 0 aliphatic rings. The lowest BCUT2D eigenvalue weighted by atomic mass is 10.1. The molecule has 1 atom stereocenters. The lowest BCUT2D eigenvalue weighted by Crippen LogP contribution is -2.32. The standard InChI is InChI=1S/C14H24N2O/c1-12(8-10-15)16(2)11-9-13-4-6-14(17-3)7-5-13/h4-7,12H,8-11,15H2,1-3H3. The van der Waals surface area contributed by atoms with Crippen LogP contribution in [0.4, 0.5) is 0 Å². The highest BCUT2D eigenvalue weighted by molar-refractivity contribution is 5.27. The fourth-order valence-corrected chi connectivity index (χ4v) is 1.78. The minimum atomic E-state index is 0.554. The first-order chi connectivity index (χ1) is 8.17. The summed E-state index contributed by atoms with van der Waals surface area (Å²) in [5.74, 6) is 0.915. The highest BCUT2D eigenvalue weighted by Crippen LogP contribution is 2.12. The molecule has 0 saturated heterocycles. The van der Waals surface area contributed by atoms with E-state index in [1.165, 1.54) is 5.56 Å². The first-order valence-electron chi connectivity index (χ1n) is 6.20. The van der Waals surface area contributed by atoms with Crippen LogP contribution in [0.15, 0.2) is 24.3 Å². The van der Waals surface area contributed by atoms with Gasteiger partial charge in [0.2, 0.25) is 0 Å². The van der Waals surface area contributed by atoms with Gasteiger partial charge in [0.25, 0.3) is 0 Å². The Labute approximate surface area is 105 Å². The summed E-state index contributed by atoms with van der Waals surface area (Å²) in [7, 11) is 3.85. The maximum Gasteiger partial charge on any atom is 0.118 e. The predicted molar refractivity (Wildman–Crippen MR) is 72.5 cm³/mol. The maximum atomic E-state index is 5.57. The van der Waals surface area contributed by atoms with Gasteiger partial charge in [0, 0.05) is 12.6 Å². The molecule has 0 radical (unpaired) electrons. The molecule has 0 spiro atoms. The first kappa shape index (κ1) is 14.0. The molecule has 0 aromatic heterocycles. The summed E-state index contributed by atoms with van der Waals surface area (Å²) in [4.78, 5) is 2.36. The Balaban J connectivity index is 2.38. The zero-order valence-corrected chi connectivity index (χ0v) is 11.1. The van der Waals surface area contributed by atoms with Crippen LogP contribution in [-0.2, 0) is 6.42 Å². The van der Waals surface area contributed by atoms with E-state index in [4.69, 9.17) is 10.5 Å². The molecule has 0 bridgehead atoms. The molecule has 0 aliphatic heterocycles. The van der Waals surface area contributed by atoms with Crippen LogP contribution < -0.4 is 10.5 Å². The van der Waals surface area contributed by atoms with Crippen molar-refractivity contribution in [2.24, 2.45) is 5.73 Å². The van der Waals surface area contributed by atoms with Gasteiger partial charge in [-0.1, -0.05) is 12.1 Å². The van der Waals surface area contributed by atoms with E-state index in [9.17, 15) is 0 Å². The van der Waals surface area contributed by atoms with Gasteiger partial charge >= 0.3 is 0 Å². The van der Waals surface area contributed by atoms with E-state index in [2.05, 4.69) is 31.0 Å². The van der Waals surface area contributed by atoms with E-state index in [1.54, 1.807) is 7.11 Å². The van der Waals surface area contributed by atoms with Crippen LogP contribution >= 0.6 is 0 Å². The van der Waals surface area contributed by atoms with Crippen LogP contribution in [0.5, 0.6) is 5.75 Å². The summed E-state index contributed by atoms with van der Waals surface area (Å²) >= 11 is 0. The quantitative estimate of drug-likeness (QED) is 0.786. The minimum absolute atomic E-state index is 0.554. The molecule has 0 aliphatic carbocycles. The molecule has 1 rings (SSSR count). The van der Waals surface area contributed by atoms with Crippen LogP contribution in [0, 0.1) is 0 Å². The van der Waals surface area contributed by atoms with Gasteiger partial charge in [0.05, 0.1) is 7.11 Å². The number of hydrogen-bond donors (Lipinski definition) is 1. The minimum Gasteiger partial charge on any atom is -0.497 e. The van der Waals surface area contributed by atoms with Crippen LogP contribution in [0.3, 0.4) is 0 Å². The number of ether oxygens (including phenoxy) is 1. The zero-order valence-electron chi connectivity index (χ0n) is 11.1. The molecule has 0 heterocycles. The summed E-state index contributed by atoms with van der Waals surface area (Å²) in [6.45, 7) is 4.04. The second-order valence-electron chi connectivity index (χ2n) is 4.51. The number of benzene rings is 1. The molecular formula is C14H24N2O. The SMILES string of the molecule is COc1ccc(CCN(C)C(C)CCN)cc1. The number of nitrogens with two attached hydrogens (primary N) is 1. The van der Waals surface area contributed by atoms with Crippen molar-refractivity contribution in [2.75, 3.05) is 27.2 Å². The summed E-state index contributed by atoms with van der Waals surface area (Å²) in [5, 5.41) is 0. The normalized spacial score (nSPS) is 12.8. The van der Waals surface area contributed by atoms with E-state index >= 15 is 0 Å². The number of nitrogens with zero attached hydrogens (tertiary/aromatic N) is 1. The smallest absolute Gasteiger partial charge is 0.118 e. The molecule has 3 heteroatoms. The maximum absolute atomic E-state index is 5.57. The number of hydrogen-bond acceptors (Lipinski definition) is 3. The molecule has 96 valence electrons. The third-order valence-corrected chi connectivity index (χ3v) is 3.25. The van der Waals surface area contributed by atoms with Gasteiger partial charge in [-0.2, -0.15) is 0 Å². The molecule has 0 saturated carbocycles. The van der Waals surface area contributed by atoms with E-state index in [0.29, 0.717) is 6.04 Å². The van der Waals surface area contributed by atoms with Crippen LogP contribution in [0.25, 0.3) is 0 Å². The molecule has 1 aromatic rings. The molecule has 3 nitrogen and oxygen atoms in total. The van der Waals surface area contributed by atoms with Crippen molar-refractivity contribution in [3.8, 4) is 5.75 Å². The Morgan fingerprint density at radius 1 is 1.29 bits per heavy atom. The second kappa shape index (κ2) is 7.30. The van der Waals surface area contributed by atoms with Gasteiger partial charge in [0.15, 0.2) is 0 Å². The van der Waals surface area contributed by atoms with Crippen LogP contribution in [0.1, 0.15) is 18.9 Å². The average molecular weight is 236 g/mol. The molecule has 2 N–H and O–H groups in total. The number of likely N-dealkylation sites (N-methyl/N-ethyl adjacent to an activating group) is 1. The lowest BCUT2D eigenvalue weighted by molar-refractivity contribution is 0.251. The van der Waals surface area contributed by atoms with E-state index < -0.39 is 0 Å². The predicted octanol–water partition coefficient (Wildman–Crippen LogP) is 1.91. The molecule has 1 aromatic carbocycles. The van der Waals surface area contributed by atoms with Crippen molar-refractivity contribution in [3.05, 3.63) is 29.8 Å². The van der Waals surface area contributed by atoms with Gasteiger partial charge in [0.1, 0.15) is 5.75 Å². The number of methoxy groups -OCH3 is 1. The first-order valence-corrected chi connectivity index (χ1v) is 6.20. The molecule has 17 heavy (non-hydrogen) atoms. The second-order valence-corrected chi connectivity index (χ2v) is 4.51. The van der Waals surface area contributed by atoms with Gasteiger partial charge in [-0.15, -0.1) is 0 Å². The third kappa shape index (κ3) is 4.75. The van der Waals surface area contributed by atoms with Crippen molar-refractivity contribution in [3.63, 3.8) is 0 Å². The van der Waals surface area contributed by atoms with E-state index in [-0.39, 0.29) is 0 Å². The Bertz CT molecular complexity index is 311. The summed E-state index contributed by atoms with van der Waals surface area (Å²) < 4.78 is 5.14. The highest BCUT2D eigenvalue weighted by Gasteiger charge is 2.07. The fourth-order valence-electron chi connectivity index (χ4n) is 1.78. The highest BCUT2D eigenvalue weighted by atomic mass is 16.5. The topological polar surface area (TPSA) is 38.5 Å². The largest absolute Gasteiger partial charge is 0.497 e. The Morgan fingerprint density at radius 3 is 2.47 bits per heavy atom. The van der Waals surface area contributed by atoms with Crippen LogP contribution in [0.2, 0.25) is 0 Å². The molecule has 0 amide bonds. The van der Waals surface area contributed by atoms with Gasteiger partial charge in [-0.3, -0.25) is 0 Å². The van der Waals surface area contributed by atoms with Crippen molar-refractivity contribution >= 4 is 0 Å². The summed E-state index contributed by atoms with van der Waals surface area (Å²) in [5.41, 5.74) is 6.91. The van der Waals surface area contributed by atoms with Crippen molar-refractivity contribution in [1.82, 2.24) is 4.90 Å². The molecule has 1 unspecified atom stereocenters. The molecular weight excluding hydrogens is 212 g/mol. The zero-order chi connectivity index (χ0) is 12.7. The van der Waals surface area contributed by atoms with E-state index in [1.807, 2.05) is 12.1 Å². The van der Waals surface area contributed by atoms with E-state index in [0.717, 1.165) is 31.7 Å². The van der Waals surface area contributed by atoms with Gasteiger partial charge in [-0.25, -0.2) is 0 Å². The Kier molecular flexibility index (Phi) is 6.01. The van der Waals surface area contributed by atoms with Crippen molar-refractivity contribution < 1.29 is 4.74 Å². The van der Waals surface area contributed by atoms with Crippen molar-refractivity contribution in [2.45, 2.75) is 25.8 Å². The fraction of sp³-hybridized carbons (Fsp3) is 0.571. The van der Waals surface area contributed by atoms with Crippen LogP contribution in [-0.4, -0.2) is 38.2 Å².